The maximum Gasteiger partial charge on any atom is 0.191 e. The van der Waals surface area contributed by atoms with Gasteiger partial charge in [0, 0.05) is 44.7 Å². The largest absolute Gasteiger partial charge is 0.379 e. The first-order valence-electron chi connectivity index (χ1n) is 11.7. The molecule has 2 aliphatic rings. The number of aliphatic imine (C=N–C) groups is 1. The van der Waals surface area contributed by atoms with E-state index in [0.29, 0.717) is 17.9 Å². The smallest absolute Gasteiger partial charge is 0.191 e. The molecule has 3 atom stereocenters. The van der Waals surface area contributed by atoms with Gasteiger partial charge in [0.1, 0.15) is 0 Å². The monoisotopic (exact) mass is 544 g/mol. The number of nitrogens with one attached hydrogen (secondary N) is 2. The van der Waals surface area contributed by atoms with E-state index < -0.39 is 0 Å². The third-order valence-electron chi connectivity index (χ3n) is 6.17. The van der Waals surface area contributed by atoms with Gasteiger partial charge in [0.2, 0.25) is 0 Å². The SMILES string of the molecule is CCNC(=NCC(C(C)C)N1CCOCC1)NCC1CCCOC1c1ccccc1.I. The fourth-order valence-corrected chi connectivity index (χ4v) is 4.47. The average Bonchev–Trinajstić information content (AvgIpc) is 2.79. The van der Waals surface area contributed by atoms with Gasteiger partial charge in [-0.05, 0) is 31.2 Å². The molecule has 3 unspecified atom stereocenters. The van der Waals surface area contributed by atoms with Gasteiger partial charge in [0.05, 0.1) is 25.9 Å². The molecule has 0 spiro atoms. The van der Waals surface area contributed by atoms with Crippen LogP contribution in [0.15, 0.2) is 35.3 Å². The highest BCUT2D eigenvalue weighted by Crippen LogP contribution is 2.33. The highest BCUT2D eigenvalue weighted by Gasteiger charge is 2.28. The first kappa shape index (κ1) is 26.4. The van der Waals surface area contributed by atoms with Gasteiger partial charge in [-0.1, -0.05) is 44.2 Å². The van der Waals surface area contributed by atoms with E-state index in [1.807, 2.05) is 0 Å². The van der Waals surface area contributed by atoms with E-state index in [1.165, 1.54) is 12.0 Å². The Kier molecular flexibility index (Phi) is 12.1. The van der Waals surface area contributed by atoms with Crippen molar-refractivity contribution in [3.8, 4) is 0 Å². The molecular formula is C24H41IN4O2. The molecule has 3 rings (SSSR count). The zero-order valence-electron chi connectivity index (χ0n) is 19.4. The van der Waals surface area contributed by atoms with E-state index in [9.17, 15) is 0 Å². The van der Waals surface area contributed by atoms with Crippen LogP contribution in [0.4, 0.5) is 0 Å². The first-order valence-corrected chi connectivity index (χ1v) is 11.7. The van der Waals surface area contributed by atoms with Crippen LogP contribution in [0.25, 0.3) is 0 Å². The van der Waals surface area contributed by atoms with Gasteiger partial charge in [-0.3, -0.25) is 9.89 Å². The predicted octanol–water partition coefficient (Wildman–Crippen LogP) is 3.68. The van der Waals surface area contributed by atoms with Crippen LogP contribution in [0.1, 0.15) is 45.3 Å². The summed E-state index contributed by atoms with van der Waals surface area (Å²) in [6, 6.07) is 11.1. The molecule has 2 N–H and O–H groups in total. The Bertz CT molecular complexity index is 638. The number of halogens is 1. The highest BCUT2D eigenvalue weighted by atomic mass is 127. The molecular weight excluding hydrogens is 503 g/mol. The molecule has 31 heavy (non-hydrogen) atoms. The molecule has 2 saturated heterocycles. The van der Waals surface area contributed by atoms with Crippen molar-refractivity contribution in [3.63, 3.8) is 0 Å². The minimum Gasteiger partial charge on any atom is -0.379 e. The van der Waals surface area contributed by atoms with Gasteiger partial charge in [-0.15, -0.1) is 24.0 Å². The normalized spacial score (nSPS) is 23.8. The molecule has 0 bridgehead atoms. The zero-order chi connectivity index (χ0) is 21.2. The molecule has 0 radical (unpaired) electrons. The quantitative estimate of drug-likeness (QED) is 0.297. The molecule has 2 aliphatic heterocycles. The number of benzene rings is 1. The van der Waals surface area contributed by atoms with E-state index >= 15 is 0 Å². The van der Waals surface area contributed by atoms with Crippen LogP contribution in [-0.4, -0.2) is 69.4 Å². The molecule has 0 amide bonds. The van der Waals surface area contributed by atoms with Crippen molar-refractivity contribution in [2.24, 2.45) is 16.8 Å². The molecule has 0 aromatic heterocycles. The summed E-state index contributed by atoms with van der Waals surface area (Å²) in [5.41, 5.74) is 1.28. The Hall–Kier alpha value is -0.900. The molecule has 1 aromatic rings. The van der Waals surface area contributed by atoms with Crippen molar-refractivity contribution in [1.29, 1.82) is 0 Å². The van der Waals surface area contributed by atoms with Crippen molar-refractivity contribution in [2.75, 3.05) is 52.5 Å². The Morgan fingerprint density at radius 1 is 1.13 bits per heavy atom. The Balaban J connectivity index is 0.00000341. The maximum atomic E-state index is 6.16. The zero-order valence-corrected chi connectivity index (χ0v) is 21.7. The van der Waals surface area contributed by atoms with Crippen LogP contribution in [0.2, 0.25) is 0 Å². The van der Waals surface area contributed by atoms with Crippen LogP contribution in [-0.2, 0) is 9.47 Å². The molecule has 0 saturated carbocycles. The summed E-state index contributed by atoms with van der Waals surface area (Å²) in [5, 5.41) is 7.03. The number of nitrogens with zero attached hydrogens (tertiary/aromatic N) is 2. The molecule has 6 nitrogen and oxygen atoms in total. The van der Waals surface area contributed by atoms with Crippen molar-refractivity contribution in [3.05, 3.63) is 35.9 Å². The third-order valence-corrected chi connectivity index (χ3v) is 6.17. The summed E-state index contributed by atoms with van der Waals surface area (Å²) in [5.74, 6) is 1.92. The summed E-state index contributed by atoms with van der Waals surface area (Å²) < 4.78 is 11.7. The average molecular weight is 545 g/mol. The van der Waals surface area contributed by atoms with E-state index in [4.69, 9.17) is 14.5 Å². The number of ether oxygens (including phenoxy) is 2. The van der Waals surface area contributed by atoms with Crippen molar-refractivity contribution >= 4 is 29.9 Å². The number of guanidine groups is 1. The lowest BCUT2D eigenvalue weighted by Gasteiger charge is -2.36. The van der Waals surface area contributed by atoms with Crippen LogP contribution in [0.5, 0.6) is 0 Å². The van der Waals surface area contributed by atoms with E-state index in [-0.39, 0.29) is 30.1 Å². The number of hydrogen-bond acceptors (Lipinski definition) is 4. The lowest BCUT2D eigenvalue weighted by atomic mass is 9.89. The molecule has 2 heterocycles. The second-order valence-corrected chi connectivity index (χ2v) is 8.66. The Morgan fingerprint density at radius 2 is 1.87 bits per heavy atom. The standard InChI is InChI=1S/C24H40N4O2.HI/c1-4-25-24(27-18-22(19(2)3)28-12-15-29-16-13-28)26-17-21-11-8-14-30-23(21)20-9-6-5-7-10-20;/h5-7,9-10,19,21-23H,4,8,11-18H2,1-3H3,(H2,25,26,27);1H. The van der Waals surface area contributed by atoms with E-state index in [2.05, 4.69) is 66.6 Å². The molecule has 7 heteroatoms. The maximum absolute atomic E-state index is 6.16. The fraction of sp³-hybridized carbons (Fsp3) is 0.708. The molecule has 0 aliphatic carbocycles. The fourth-order valence-electron chi connectivity index (χ4n) is 4.47. The van der Waals surface area contributed by atoms with Crippen molar-refractivity contribution in [2.45, 2.75) is 45.8 Å². The van der Waals surface area contributed by atoms with Crippen molar-refractivity contribution < 1.29 is 9.47 Å². The second-order valence-electron chi connectivity index (χ2n) is 8.66. The van der Waals surface area contributed by atoms with Gasteiger partial charge in [-0.25, -0.2) is 0 Å². The molecule has 176 valence electrons. The van der Waals surface area contributed by atoms with Gasteiger partial charge >= 0.3 is 0 Å². The van der Waals surface area contributed by atoms with Gasteiger partial charge in [0.15, 0.2) is 5.96 Å². The number of rotatable bonds is 8. The predicted molar refractivity (Wildman–Crippen MR) is 138 cm³/mol. The summed E-state index contributed by atoms with van der Waals surface area (Å²) in [7, 11) is 0. The summed E-state index contributed by atoms with van der Waals surface area (Å²) in [6.45, 7) is 13.7. The molecule has 2 fully saturated rings. The Morgan fingerprint density at radius 3 is 2.55 bits per heavy atom. The minimum atomic E-state index is 0. The minimum absolute atomic E-state index is 0. The van der Waals surface area contributed by atoms with Gasteiger partial charge < -0.3 is 20.1 Å². The summed E-state index contributed by atoms with van der Waals surface area (Å²) in [4.78, 5) is 7.49. The molecule has 1 aromatic carbocycles. The highest BCUT2D eigenvalue weighted by molar-refractivity contribution is 14.0. The summed E-state index contributed by atoms with van der Waals surface area (Å²) in [6.07, 6.45) is 2.46. The Labute approximate surface area is 205 Å². The van der Waals surface area contributed by atoms with E-state index in [0.717, 1.165) is 64.9 Å². The lowest BCUT2D eigenvalue weighted by molar-refractivity contribution is -0.0265. The number of hydrogen-bond donors (Lipinski definition) is 2. The van der Waals surface area contributed by atoms with Crippen LogP contribution in [0.3, 0.4) is 0 Å². The topological polar surface area (TPSA) is 58.1 Å². The van der Waals surface area contributed by atoms with E-state index in [1.54, 1.807) is 0 Å². The first-order chi connectivity index (χ1) is 14.7. The van der Waals surface area contributed by atoms with Crippen LogP contribution < -0.4 is 10.6 Å². The number of morpholine rings is 1. The third kappa shape index (κ3) is 8.18. The second kappa shape index (κ2) is 14.3. The van der Waals surface area contributed by atoms with Crippen LogP contribution >= 0.6 is 24.0 Å². The van der Waals surface area contributed by atoms with Gasteiger partial charge in [-0.2, -0.15) is 0 Å². The van der Waals surface area contributed by atoms with Gasteiger partial charge in [0.25, 0.3) is 0 Å². The summed E-state index contributed by atoms with van der Waals surface area (Å²) >= 11 is 0. The van der Waals surface area contributed by atoms with Crippen molar-refractivity contribution in [1.82, 2.24) is 15.5 Å². The van der Waals surface area contributed by atoms with Crippen LogP contribution in [0, 0.1) is 11.8 Å². The lowest BCUT2D eigenvalue weighted by Crippen LogP contribution is -2.48.